The van der Waals surface area contributed by atoms with Gasteiger partial charge >= 0.3 is 5.97 Å². The molecular weight excluding hydrogens is 472 g/mol. The van der Waals surface area contributed by atoms with Crippen molar-refractivity contribution in [3.05, 3.63) is 96.2 Å². The van der Waals surface area contributed by atoms with Gasteiger partial charge in [0.2, 0.25) is 0 Å². The fourth-order valence-electron chi connectivity index (χ4n) is 4.27. The molecule has 0 N–H and O–H groups in total. The van der Waals surface area contributed by atoms with Crippen molar-refractivity contribution in [2.75, 3.05) is 6.61 Å². The standard InChI is InChI=1S/C29H32N2O4S/c1-7-34-28(33)25-19(6)30-29-31(26(25)22-13-11-21(12-14-22)17(2)3)27(32)24(36-29)16-20-9-8-10-23(15-20)35-18(4)5/h8-18,26H,7H2,1-6H3. The van der Waals surface area contributed by atoms with Gasteiger partial charge in [-0.15, -0.1) is 0 Å². The molecule has 6 nitrogen and oxygen atoms in total. The molecule has 0 saturated heterocycles. The van der Waals surface area contributed by atoms with Gasteiger partial charge in [0.1, 0.15) is 5.75 Å². The van der Waals surface area contributed by atoms with Crippen molar-refractivity contribution in [2.24, 2.45) is 4.99 Å². The van der Waals surface area contributed by atoms with Crippen LogP contribution in [0.3, 0.4) is 0 Å². The number of benzene rings is 2. The maximum atomic E-state index is 13.7. The zero-order chi connectivity index (χ0) is 26.0. The largest absolute Gasteiger partial charge is 0.491 e. The molecule has 0 spiro atoms. The van der Waals surface area contributed by atoms with Gasteiger partial charge in [0, 0.05) is 0 Å². The van der Waals surface area contributed by atoms with Gasteiger partial charge in [-0.2, -0.15) is 0 Å². The Balaban J connectivity index is 1.88. The summed E-state index contributed by atoms with van der Waals surface area (Å²) in [5.41, 5.74) is 3.65. The minimum atomic E-state index is -0.612. The monoisotopic (exact) mass is 504 g/mol. The van der Waals surface area contributed by atoms with Crippen LogP contribution < -0.4 is 19.6 Å². The number of nitrogens with zero attached hydrogens (tertiary/aromatic N) is 2. The molecule has 1 atom stereocenters. The number of fused-ring (bicyclic) bond motifs is 1. The van der Waals surface area contributed by atoms with Crippen LogP contribution in [0.1, 0.15) is 70.2 Å². The van der Waals surface area contributed by atoms with Crippen molar-refractivity contribution in [2.45, 2.75) is 59.6 Å². The average molecular weight is 505 g/mol. The Morgan fingerprint density at radius 2 is 1.86 bits per heavy atom. The highest BCUT2D eigenvalue weighted by atomic mass is 32.1. The van der Waals surface area contributed by atoms with Crippen LogP contribution in [0.2, 0.25) is 0 Å². The van der Waals surface area contributed by atoms with Crippen molar-refractivity contribution in [3.8, 4) is 5.75 Å². The third kappa shape index (κ3) is 5.21. The van der Waals surface area contributed by atoms with Crippen molar-refractivity contribution in [3.63, 3.8) is 0 Å². The molecule has 7 heteroatoms. The minimum Gasteiger partial charge on any atom is -0.491 e. The number of hydrogen-bond donors (Lipinski definition) is 0. The Labute approximate surface area is 215 Å². The highest BCUT2D eigenvalue weighted by Crippen LogP contribution is 2.31. The third-order valence-corrected chi connectivity index (χ3v) is 6.95. The van der Waals surface area contributed by atoms with E-state index < -0.39 is 12.0 Å². The summed E-state index contributed by atoms with van der Waals surface area (Å²) in [7, 11) is 0. The van der Waals surface area contributed by atoms with Crippen molar-refractivity contribution in [1.82, 2.24) is 4.57 Å². The van der Waals surface area contributed by atoms with E-state index in [1.807, 2.05) is 68.5 Å². The van der Waals surface area contributed by atoms with Gasteiger partial charge in [0.15, 0.2) is 4.80 Å². The maximum Gasteiger partial charge on any atom is 0.338 e. The van der Waals surface area contributed by atoms with Crippen molar-refractivity contribution < 1.29 is 14.3 Å². The first kappa shape index (κ1) is 25.6. The lowest BCUT2D eigenvalue weighted by Gasteiger charge is -2.25. The van der Waals surface area contributed by atoms with Gasteiger partial charge in [-0.25, -0.2) is 9.79 Å². The molecule has 1 aliphatic heterocycles. The lowest BCUT2D eigenvalue weighted by molar-refractivity contribution is -0.139. The molecule has 1 unspecified atom stereocenters. The number of thiazole rings is 1. The summed E-state index contributed by atoms with van der Waals surface area (Å²) in [4.78, 5) is 32.0. The average Bonchev–Trinajstić information content (AvgIpc) is 3.12. The molecule has 0 radical (unpaired) electrons. The van der Waals surface area contributed by atoms with Gasteiger partial charge in [0.25, 0.3) is 5.56 Å². The highest BCUT2D eigenvalue weighted by molar-refractivity contribution is 7.07. The van der Waals surface area contributed by atoms with Gasteiger partial charge in [-0.3, -0.25) is 9.36 Å². The van der Waals surface area contributed by atoms with E-state index in [9.17, 15) is 9.59 Å². The molecule has 0 aliphatic carbocycles. The number of hydrogen-bond acceptors (Lipinski definition) is 6. The summed E-state index contributed by atoms with van der Waals surface area (Å²) in [6.07, 6.45) is 1.90. The molecule has 0 fully saturated rings. The van der Waals surface area contributed by atoms with E-state index in [1.165, 1.54) is 16.9 Å². The Morgan fingerprint density at radius 3 is 2.50 bits per heavy atom. The Morgan fingerprint density at radius 1 is 1.14 bits per heavy atom. The van der Waals surface area contributed by atoms with Gasteiger partial charge in [-0.1, -0.05) is 61.6 Å². The zero-order valence-corrected chi connectivity index (χ0v) is 22.4. The molecule has 3 aromatic rings. The van der Waals surface area contributed by atoms with Crippen LogP contribution in [0.15, 0.2) is 69.6 Å². The van der Waals surface area contributed by atoms with Crippen LogP contribution in [0.5, 0.6) is 5.75 Å². The van der Waals surface area contributed by atoms with Gasteiger partial charge < -0.3 is 9.47 Å². The number of carbonyl (C=O) groups is 1. The molecule has 2 aromatic carbocycles. The number of allylic oxidation sites excluding steroid dienone is 1. The first-order valence-electron chi connectivity index (χ1n) is 12.3. The van der Waals surface area contributed by atoms with Crippen LogP contribution in [-0.2, 0) is 9.53 Å². The Hall–Kier alpha value is -3.45. The van der Waals surface area contributed by atoms with E-state index in [0.717, 1.165) is 16.9 Å². The van der Waals surface area contributed by atoms with Crippen LogP contribution in [0, 0.1) is 0 Å². The molecule has 0 bridgehead atoms. The lowest BCUT2D eigenvalue weighted by atomic mass is 9.93. The molecular formula is C29H32N2O4S. The molecule has 0 amide bonds. The van der Waals surface area contributed by atoms with Gasteiger partial charge in [0.05, 0.1) is 34.6 Å². The Bertz CT molecular complexity index is 1480. The molecule has 4 rings (SSSR count). The van der Waals surface area contributed by atoms with Gasteiger partial charge in [-0.05, 0) is 68.5 Å². The van der Waals surface area contributed by atoms with E-state index >= 15 is 0 Å². The smallest absolute Gasteiger partial charge is 0.338 e. The summed E-state index contributed by atoms with van der Waals surface area (Å²) in [5.74, 6) is 0.665. The van der Waals surface area contributed by atoms with E-state index in [2.05, 4.69) is 18.8 Å². The quantitative estimate of drug-likeness (QED) is 0.437. The van der Waals surface area contributed by atoms with Crippen LogP contribution >= 0.6 is 11.3 Å². The predicted octanol–water partition coefficient (Wildman–Crippen LogP) is 4.71. The summed E-state index contributed by atoms with van der Waals surface area (Å²) in [5, 5.41) is 0. The van der Waals surface area contributed by atoms with Crippen LogP contribution in [0.25, 0.3) is 6.08 Å². The first-order chi connectivity index (χ1) is 17.2. The number of esters is 1. The zero-order valence-electron chi connectivity index (χ0n) is 21.6. The summed E-state index contributed by atoms with van der Waals surface area (Å²) in [6.45, 7) is 12.0. The summed E-state index contributed by atoms with van der Waals surface area (Å²) in [6, 6.07) is 15.1. The first-order valence-corrected chi connectivity index (χ1v) is 13.1. The van der Waals surface area contributed by atoms with Crippen LogP contribution in [0.4, 0.5) is 0 Å². The second-order valence-electron chi connectivity index (χ2n) is 9.36. The number of ether oxygens (including phenoxy) is 2. The molecule has 188 valence electrons. The van der Waals surface area contributed by atoms with E-state index in [-0.39, 0.29) is 18.3 Å². The third-order valence-electron chi connectivity index (χ3n) is 5.96. The fraction of sp³-hybridized carbons (Fsp3) is 0.345. The molecule has 2 heterocycles. The Kier molecular flexibility index (Phi) is 7.59. The van der Waals surface area contributed by atoms with E-state index in [0.29, 0.717) is 26.5 Å². The highest BCUT2D eigenvalue weighted by Gasteiger charge is 2.33. The fourth-order valence-corrected chi connectivity index (χ4v) is 5.32. The second kappa shape index (κ2) is 10.7. The lowest BCUT2D eigenvalue weighted by Crippen LogP contribution is -2.39. The van der Waals surface area contributed by atoms with E-state index in [1.54, 1.807) is 18.4 Å². The molecule has 0 saturated carbocycles. The second-order valence-corrected chi connectivity index (χ2v) is 10.4. The maximum absolute atomic E-state index is 13.7. The summed E-state index contributed by atoms with van der Waals surface area (Å²) >= 11 is 1.32. The number of aromatic nitrogens is 1. The van der Waals surface area contributed by atoms with Crippen LogP contribution in [-0.4, -0.2) is 23.2 Å². The van der Waals surface area contributed by atoms with Crippen molar-refractivity contribution in [1.29, 1.82) is 0 Å². The minimum absolute atomic E-state index is 0.0527. The van der Waals surface area contributed by atoms with E-state index in [4.69, 9.17) is 9.47 Å². The predicted molar refractivity (Wildman–Crippen MR) is 143 cm³/mol. The number of carbonyl (C=O) groups excluding carboxylic acids is 1. The summed E-state index contributed by atoms with van der Waals surface area (Å²) < 4.78 is 13.3. The SMILES string of the molecule is CCOC(=O)C1=C(C)N=c2sc(=Cc3cccc(OC(C)C)c3)c(=O)n2C1c1ccc(C(C)C)cc1. The molecule has 1 aromatic heterocycles. The number of rotatable bonds is 7. The van der Waals surface area contributed by atoms with Crippen molar-refractivity contribution >= 4 is 23.4 Å². The normalized spacial score (nSPS) is 15.8. The molecule has 36 heavy (non-hydrogen) atoms. The topological polar surface area (TPSA) is 69.9 Å². The molecule has 1 aliphatic rings.